The van der Waals surface area contributed by atoms with Gasteiger partial charge in [-0.15, -0.1) is 0 Å². The zero-order valence-corrected chi connectivity index (χ0v) is 10.9. The third kappa shape index (κ3) is 2.41. The van der Waals surface area contributed by atoms with Gasteiger partial charge in [0.2, 0.25) is 0 Å². The van der Waals surface area contributed by atoms with Crippen molar-refractivity contribution in [1.82, 2.24) is 4.90 Å². The van der Waals surface area contributed by atoms with Crippen molar-refractivity contribution in [1.29, 1.82) is 0 Å². The third-order valence-corrected chi connectivity index (χ3v) is 3.66. The first-order valence-corrected chi connectivity index (χ1v) is 6.54. The smallest absolute Gasteiger partial charge is 0.190 e. The van der Waals surface area contributed by atoms with Crippen LogP contribution in [0.2, 0.25) is 0 Å². The van der Waals surface area contributed by atoms with E-state index in [1.165, 1.54) is 0 Å². The van der Waals surface area contributed by atoms with E-state index >= 15 is 0 Å². The maximum atomic E-state index is 10.2. The molecule has 0 amide bonds. The molecule has 3 aliphatic heterocycles. The first kappa shape index (κ1) is 12.8. The minimum absolute atomic E-state index is 0.241. The molecule has 6 nitrogen and oxygen atoms in total. The molecule has 6 heteroatoms. The summed E-state index contributed by atoms with van der Waals surface area (Å²) in [7, 11) is 0. The van der Waals surface area contributed by atoms with Crippen LogP contribution in [-0.4, -0.2) is 73.2 Å². The highest BCUT2D eigenvalue weighted by Gasteiger charge is 2.54. The second kappa shape index (κ2) is 4.70. The van der Waals surface area contributed by atoms with Gasteiger partial charge in [0.1, 0.15) is 18.3 Å². The van der Waals surface area contributed by atoms with Crippen LogP contribution in [0.15, 0.2) is 0 Å². The quantitative estimate of drug-likeness (QED) is 0.725. The fraction of sp³-hybridized carbons (Fsp3) is 1.00. The second-order valence-electron chi connectivity index (χ2n) is 5.55. The number of fused-ring (bicyclic) bond motifs is 1. The lowest BCUT2D eigenvalue weighted by atomic mass is 10.1. The molecule has 0 bridgehead atoms. The van der Waals surface area contributed by atoms with Gasteiger partial charge in [-0.05, 0) is 13.8 Å². The SMILES string of the molecule is CC1(C)OC2[C@H](O[C@H](CN3CCOCC3)[C@H]2O)O1. The van der Waals surface area contributed by atoms with Crippen molar-refractivity contribution >= 4 is 0 Å². The lowest BCUT2D eigenvalue weighted by Gasteiger charge is -2.30. The van der Waals surface area contributed by atoms with E-state index in [9.17, 15) is 5.11 Å². The molecule has 0 saturated carbocycles. The monoisotopic (exact) mass is 259 g/mol. The minimum Gasteiger partial charge on any atom is -0.387 e. The van der Waals surface area contributed by atoms with E-state index in [1.807, 2.05) is 13.8 Å². The Morgan fingerprint density at radius 3 is 2.61 bits per heavy atom. The predicted molar refractivity (Wildman–Crippen MR) is 62.0 cm³/mol. The minimum atomic E-state index is -0.666. The first-order valence-electron chi connectivity index (χ1n) is 6.54. The summed E-state index contributed by atoms with van der Waals surface area (Å²) >= 11 is 0. The van der Waals surface area contributed by atoms with E-state index < -0.39 is 18.2 Å². The molecule has 3 saturated heterocycles. The van der Waals surface area contributed by atoms with Gasteiger partial charge in [-0.3, -0.25) is 4.90 Å². The standard InChI is InChI=1S/C12H21NO5/c1-12(2)17-10-9(14)8(16-11(10)18-12)7-13-3-5-15-6-4-13/h8-11,14H,3-7H2,1-2H3/t8-,9-,10?,11-/m1/s1. The Morgan fingerprint density at radius 1 is 1.22 bits per heavy atom. The van der Waals surface area contributed by atoms with Gasteiger partial charge < -0.3 is 24.1 Å². The third-order valence-electron chi connectivity index (χ3n) is 3.66. The normalized spacial score (nSPS) is 44.2. The van der Waals surface area contributed by atoms with Gasteiger partial charge >= 0.3 is 0 Å². The number of hydrogen-bond donors (Lipinski definition) is 1. The molecule has 3 heterocycles. The Labute approximate surface area is 107 Å². The summed E-state index contributed by atoms with van der Waals surface area (Å²) < 4.78 is 22.3. The molecule has 1 N–H and O–H groups in total. The highest BCUT2D eigenvalue weighted by molar-refractivity contribution is 4.94. The molecule has 0 spiro atoms. The van der Waals surface area contributed by atoms with Gasteiger partial charge in [-0.2, -0.15) is 0 Å². The fourth-order valence-corrected chi connectivity index (χ4v) is 2.75. The molecule has 18 heavy (non-hydrogen) atoms. The predicted octanol–water partition coefficient (Wildman–Crippen LogP) is -0.444. The summed E-state index contributed by atoms with van der Waals surface area (Å²) in [5, 5.41) is 10.2. The van der Waals surface area contributed by atoms with Crippen molar-refractivity contribution in [3.05, 3.63) is 0 Å². The fourth-order valence-electron chi connectivity index (χ4n) is 2.75. The molecule has 104 valence electrons. The van der Waals surface area contributed by atoms with Crippen molar-refractivity contribution in [2.45, 2.75) is 44.2 Å². The Hall–Kier alpha value is -0.240. The Morgan fingerprint density at radius 2 is 1.94 bits per heavy atom. The highest BCUT2D eigenvalue weighted by Crippen LogP contribution is 2.37. The lowest BCUT2D eigenvalue weighted by molar-refractivity contribution is -0.217. The molecule has 1 unspecified atom stereocenters. The Kier molecular flexibility index (Phi) is 3.34. The van der Waals surface area contributed by atoms with Crippen molar-refractivity contribution in [3.8, 4) is 0 Å². The zero-order chi connectivity index (χ0) is 12.8. The van der Waals surface area contributed by atoms with Gasteiger partial charge in [-0.25, -0.2) is 0 Å². The molecule has 4 atom stereocenters. The number of ether oxygens (including phenoxy) is 4. The summed E-state index contributed by atoms with van der Waals surface area (Å²) in [6.45, 7) is 7.62. The molecule has 0 aliphatic carbocycles. The maximum Gasteiger partial charge on any atom is 0.190 e. The summed E-state index contributed by atoms with van der Waals surface area (Å²) in [5.41, 5.74) is 0. The van der Waals surface area contributed by atoms with Crippen LogP contribution in [0, 0.1) is 0 Å². The van der Waals surface area contributed by atoms with Crippen molar-refractivity contribution < 1.29 is 24.1 Å². The second-order valence-corrected chi connectivity index (χ2v) is 5.55. The van der Waals surface area contributed by atoms with Crippen molar-refractivity contribution in [3.63, 3.8) is 0 Å². The van der Waals surface area contributed by atoms with E-state index in [0.29, 0.717) is 6.54 Å². The number of aliphatic hydroxyl groups is 1. The van der Waals surface area contributed by atoms with Gasteiger partial charge in [0.25, 0.3) is 0 Å². The number of rotatable bonds is 2. The molecule has 0 radical (unpaired) electrons. The Bertz CT molecular complexity index is 305. The highest BCUT2D eigenvalue weighted by atomic mass is 16.8. The maximum absolute atomic E-state index is 10.2. The van der Waals surface area contributed by atoms with Crippen LogP contribution in [0.3, 0.4) is 0 Å². The van der Waals surface area contributed by atoms with Crippen LogP contribution in [-0.2, 0) is 18.9 Å². The topological polar surface area (TPSA) is 60.4 Å². The van der Waals surface area contributed by atoms with Crippen LogP contribution < -0.4 is 0 Å². The van der Waals surface area contributed by atoms with E-state index in [-0.39, 0.29) is 12.2 Å². The summed E-state index contributed by atoms with van der Waals surface area (Å²) in [4.78, 5) is 2.24. The molecule has 3 rings (SSSR count). The van der Waals surface area contributed by atoms with E-state index in [0.717, 1.165) is 26.3 Å². The number of morpholine rings is 1. The molecule has 3 aliphatic rings. The number of aliphatic hydroxyl groups excluding tert-OH is 1. The lowest BCUT2D eigenvalue weighted by Crippen LogP contribution is -2.45. The molecule has 0 aromatic carbocycles. The van der Waals surface area contributed by atoms with Crippen LogP contribution in [0.25, 0.3) is 0 Å². The summed E-state index contributed by atoms with van der Waals surface area (Å²) in [6, 6.07) is 0. The summed E-state index contributed by atoms with van der Waals surface area (Å²) in [6.07, 6.45) is -1.68. The molecular formula is C12H21NO5. The average molecular weight is 259 g/mol. The molecular weight excluding hydrogens is 238 g/mol. The van der Waals surface area contributed by atoms with Crippen molar-refractivity contribution in [2.75, 3.05) is 32.8 Å². The van der Waals surface area contributed by atoms with Crippen LogP contribution in [0.5, 0.6) is 0 Å². The zero-order valence-electron chi connectivity index (χ0n) is 10.9. The molecule has 3 fully saturated rings. The number of nitrogens with zero attached hydrogens (tertiary/aromatic N) is 1. The van der Waals surface area contributed by atoms with E-state index in [1.54, 1.807) is 0 Å². The average Bonchev–Trinajstić information content (AvgIpc) is 2.76. The largest absolute Gasteiger partial charge is 0.387 e. The van der Waals surface area contributed by atoms with Gasteiger partial charge in [0.15, 0.2) is 12.1 Å². The van der Waals surface area contributed by atoms with Crippen LogP contribution in [0.1, 0.15) is 13.8 Å². The van der Waals surface area contributed by atoms with E-state index in [4.69, 9.17) is 18.9 Å². The molecule has 0 aromatic heterocycles. The van der Waals surface area contributed by atoms with Crippen LogP contribution >= 0.6 is 0 Å². The van der Waals surface area contributed by atoms with Gasteiger partial charge in [0.05, 0.1) is 13.2 Å². The number of hydrogen-bond acceptors (Lipinski definition) is 6. The Balaban J connectivity index is 1.57. The van der Waals surface area contributed by atoms with E-state index in [2.05, 4.69) is 4.90 Å². The molecule has 0 aromatic rings. The summed E-state index contributed by atoms with van der Waals surface area (Å²) in [5.74, 6) is -0.666. The van der Waals surface area contributed by atoms with Gasteiger partial charge in [0, 0.05) is 19.6 Å². The van der Waals surface area contributed by atoms with Crippen LogP contribution in [0.4, 0.5) is 0 Å². The van der Waals surface area contributed by atoms with Crippen molar-refractivity contribution in [2.24, 2.45) is 0 Å². The first-order chi connectivity index (χ1) is 8.55. The van der Waals surface area contributed by atoms with Gasteiger partial charge in [-0.1, -0.05) is 0 Å².